The molecule has 2 heterocycles. The van der Waals surface area contributed by atoms with Crippen molar-refractivity contribution < 1.29 is 4.79 Å². The molecule has 2 rings (SSSR count). The lowest BCUT2D eigenvalue weighted by atomic mass is 9.91. The van der Waals surface area contributed by atoms with Crippen molar-refractivity contribution in [2.24, 2.45) is 11.7 Å². The molecule has 1 aliphatic heterocycles. The summed E-state index contributed by atoms with van der Waals surface area (Å²) in [4.78, 5) is 14.1. The van der Waals surface area contributed by atoms with Crippen molar-refractivity contribution in [3.63, 3.8) is 0 Å². The van der Waals surface area contributed by atoms with Crippen LogP contribution < -0.4 is 5.73 Å². The number of aromatic nitrogens is 2. The fraction of sp³-hybridized carbons (Fsp3) is 0.733. The van der Waals surface area contributed by atoms with Crippen molar-refractivity contribution in [2.75, 3.05) is 13.1 Å². The second-order valence-corrected chi connectivity index (χ2v) is 6.00. The maximum Gasteiger partial charge on any atom is 0.239 e. The number of nitrogens with zero attached hydrogens (tertiary/aromatic N) is 3. The first-order chi connectivity index (χ1) is 9.52. The van der Waals surface area contributed by atoms with Crippen LogP contribution in [0.2, 0.25) is 0 Å². The quantitative estimate of drug-likeness (QED) is 0.909. The molecule has 0 saturated carbocycles. The molecule has 0 bridgehead atoms. The van der Waals surface area contributed by atoms with E-state index in [0.29, 0.717) is 5.92 Å². The lowest BCUT2D eigenvalue weighted by Gasteiger charge is -2.34. The summed E-state index contributed by atoms with van der Waals surface area (Å²) in [7, 11) is 0. The third-order valence-electron chi connectivity index (χ3n) is 4.26. The number of hydrogen-bond acceptors (Lipinski definition) is 3. The Kier molecular flexibility index (Phi) is 4.81. The Morgan fingerprint density at radius 2 is 2.10 bits per heavy atom. The topological polar surface area (TPSA) is 64.2 Å². The van der Waals surface area contributed by atoms with Crippen LogP contribution in [0.4, 0.5) is 0 Å². The number of carbonyl (C=O) groups is 1. The second-order valence-electron chi connectivity index (χ2n) is 6.00. The molecule has 1 atom stereocenters. The van der Waals surface area contributed by atoms with E-state index in [1.165, 1.54) is 5.56 Å². The molecule has 1 amide bonds. The Labute approximate surface area is 121 Å². The lowest BCUT2D eigenvalue weighted by molar-refractivity contribution is -0.134. The molecule has 1 aromatic heterocycles. The average molecular weight is 278 g/mol. The average Bonchev–Trinajstić information content (AvgIpc) is 2.94. The van der Waals surface area contributed by atoms with Crippen molar-refractivity contribution >= 4 is 5.91 Å². The second kappa shape index (κ2) is 6.39. The summed E-state index contributed by atoms with van der Waals surface area (Å²) in [5.41, 5.74) is 7.25. The van der Waals surface area contributed by atoms with E-state index in [-0.39, 0.29) is 17.9 Å². The van der Waals surface area contributed by atoms with Crippen LogP contribution >= 0.6 is 0 Å². The number of amides is 1. The SMILES string of the molecule is CCn1cc(C2CCN(C(=O)[C@@H](N)C(C)C)CC2)cn1. The monoisotopic (exact) mass is 278 g/mol. The van der Waals surface area contributed by atoms with E-state index < -0.39 is 0 Å². The van der Waals surface area contributed by atoms with E-state index in [1.54, 1.807) is 0 Å². The first-order valence-corrected chi connectivity index (χ1v) is 7.59. The van der Waals surface area contributed by atoms with Crippen molar-refractivity contribution in [1.82, 2.24) is 14.7 Å². The Hall–Kier alpha value is -1.36. The van der Waals surface area contributed by atoms with Crippen LogP contribution in [-0.2, 0) is 11.3 Å². The zero-order valence-electron chi connectivity index (χ0n) is 12.7. The van der Waals surface area contributed by atoms with Gasteiger partial charge in [-0.3, -0.25) is 9.48 Å². The van der Waals surface area contributed by atoms with E-state index in [4.69, 9.17) is 5.73 Å². The van der Waals surface area contributed by atoms with Gasteiger partial charge in [0.15, 0.2) is 0 Å². The Morgan fingerprint density at radius 3 is 2.60 bits per heavy atom. The van der Waals surface area contributed by atoms with Gasteiger partial charge in [0.2, 0.25) is 5.91 Å². The van der Waals surface area contributed by atoms with Gasteiger partial charge in [0, 0.05) is 25.8 Å². The molecule has 0 radical (unpaired) electrons. The predicted octanol–water partition coefficient (Wildman–Crippen LogP) is 1.59. The largest absolute Gasteiger partial charge is 0.341 e. The van der Waals surface area contributed by atoms with Gasteiger partial charge in [0.1, 0.15) is 0 Å². The van der Waals surface area contributed by atoms with Gasteiger partial charge in [-0.25, -0.2) is 0 Å². The number of rotatable bonds is 4. The molecule has 20 heavy (non-hydrogen) atoms. The Bertz CT molecular complexity index is 446. The summed E-state index contributed by atoms with van der Waals surface area (Å²) in [6, 6.07) is -0.366. The molecule has 1 saturated heterocycles. The third kappa shape index (κ3) is 3.20. The molecule has 0 spiro atoms. The van der Waals surface area contributed by atoms with Crippen LogP contribution in [0, 0.1) is 5.92 Å². The van der Waals surface area contributed by atoms with E-state index in [1.807, 2.05) is 29.6 Å². The van der Waals surface area contributed by atoms with Crippen molar-refractivity contribution in [1.29, 1.82) is 0 Å². The highest BCUT2D eigenvalue weighted by molar-refractivity contribution is 5.82. The highest BCUT2D eigenvalue weighted by Crippen LogP contribution is 2.28. The third-order valence-corrected chi connectivity index (χ3v) is 4.26. The van der Waals surface area contributed by atoms with Crippen molar-refractivity contribution in [2.45, 2.75) is 52.1 Å². The van der Waals surface area contributed by atoms with Crippen LogP contribution in [0.3, 0.4) is 0 Å². The Balaban J connectivity index is 1.90. The van der Waals surface area contributed by atoms with E-state index in [9.17, 15) is 4.79 Å². The summed E-state index contributed by atoms with van der Waals surface area (Å²) in [6.07, 6.45) is 6.10. The normalized spacial score (nSPS) is 18.6. The summed E-state index contributed by atoms with van der Waals surface area (Å²) in [6.45, 7) is 8.59. The zero-order chi connectivity index (χ0) is 14.7. The molecule has 5 nitrogen and oxygen atoms in total. The lowest BCUT2D eigenvalue weighted by Crippen LogP contribution is -2.49. The standard InChI is InChI=1S/C15H26N4O/c1-4-19-10-13(9-17-19)12-5-7-18(8-6-12)15(20)14(16)11(2)3/h9-12,14H,4-8,16H2,1-3H3/t14-/m0/s1. The van der Waals surface area contributed by atoms with Crippen LogP contribution in [0.25, 0.3) is 0 Å². The van der Waals surface area contributed by atoms with Gasteiger partial charge in [-0.2, -0.15) is 5.10 Å². The van der Waals surface area contributed by atoms with Gasteiger partial charge in [0.25, 0.3) is 0 Å². The number of aryl methyl sites for hydroxylation is 1. The number of hydrogen-bond donors (Lipinski definition) is 1. The molecule has 2 N–H and O–H groups in total. The number of piperidine rings is 1. The molecule has 0 unspecified atom stereocenters. The van der Waals surface area contributed by atoms with Crippen LogP contribution in [0.15, 0.2) is 12.4 Å². The summed E-state index contributed by atoms with van der Waals surface area (Å²) in [5.74, 6) is 0.820. The summed E-state index contributed by atoms with van der Waals surface area (Å²) in [5, 5.41) is 4.33. The molecule has 0 aliphatic carbocycles. The van der Waals surface area contributed by atoms with Gasteiger partial charge in [0.05, 0.1) is 12.2 Å². The van der Waals surface area contributed by atoms with Crippen molar-refractivity contribution in [3.8, 4) is 0 Å². The summed E-state index contributed by atoms with van der Waals surface area (Å²) >= 11 is 0. The van der Waals surface area contributed by atoms with Crippen LogP contribution in [-0.4, -0.2) is 39.7 Å². The van der Waals surface area contributed by atoms with Gasteiger partial charge in [-0.1, -0.05) is 13.8 Å². The van der Waals surface area contributed by atoms with Gasteiger partial charge >= 0.3 is 0 Å². The van der Waals surface area contributed by atoms with E-state index in [2.05, 4.69) is 18.2 Å². The fourth-order valence-electron chi connectivity index (χ4n) is 2.69. The highest BCUT2D eigenvalue weighted by atomic mass is 16.2. The van der Waals surface area contributed by atoms with Crippen molar-refractivity contribution in [3.05, 3.63) is 18.0 Å². The van der Waals surface area contributed by atoms with Gasteiger partial charge in [-0.15, -0.1) is 0 Å². The first-order valence-electron chi connectivity index (χ1n) is 7.59. The maximum absolute atomic E-state index is 12.2. The van der Waals surface area contributed by atoms with Gasteiger partial charge in [-0.05, 0) is 37.2 Å². The highest BCUT2D eigenvalue weighted by Gasteiger charge is 2.28. The predicted molar refractivity (Wildman–Crippen MR) is 79.3 cm³/mol. The molecule has 1 aromatic rings. The fourth-order valence-corrected chi connectivity index (χ4v) is 2.69. The first kappa shape index (κ1) is 15.0. The van der Waals surface area contributed by atoms with Gasteiger partial charge < -0.3 is 10.6 Å². The number of carbonyl (C=O) groups excluding carboxylic acids is 1. The molecule has 5 heteroatoms. The van der Waals surface area contributed by atoms with Crippen LogP contribution in [0.5, 0.6) is 0 Å². The molecule has 0 aromatic carbocycles. The minimum absolute atomic E-state index is 0.0997. The van der Waals surface area contributed by atoms with E-state index in [0.717, 1.165) is 32.5 Å². The summed E-state index contributed by atoms with van der Waals surface area (Å²) < 4.78 is 1.96. The minimum Gasteiger partial charge on any atom is -0.341 e. The number of nitrogens with two attached hydrogens (primary N) is 1. The Morgan fingerprint density at radius 1 is 1.45 bits per heavy atom. The number of likely N-dealkylation sites (tertiary alicyclic amines) is 1. The molecule has 112 valence electrons. The zero-order valence-corrected chi connectivity index (χ0v) is 12.7. The minimum atomic E-state index is -0.366. The smallest absolute Gasteiger partial charge is 0.239 e. The van der Waals surface area contributed by atoms with E-state index >= 15 is 0 Å². The van der Waals surface area contributed by atoms with Crippen LogP contribution in [0.1, 0.15) is 45.1 Å². The molecule has 1 aliphatic rings. The molecular weight excluding hydrogens is 252 g/mol. The molecule has 1 fully saturated rings. The molecular formula is C15H26N4O. The maximum atomic E-state index is 12.2.